The number of carboxylic acid groups (broad SMARTS) is 1. The van der Waals surface area contributed by atoms with Gasteiger partial charge in [-0.2, -0.15) is 0 Å². The maximum absolute atomic E-state index is 12.1. The average Bonchev–Trinajstić information content (AvgIpc) is 2.98. The van der Waals surface area contributed by atoms with Crippen LogP contribution in [-0.2, 0) is 4.79 Å². The second-order valence-corrected chi connectivity index (χ2v) is 5.29. The molecule has 2 N–H and O–H groups in total. The van der Waals surface area contributed by atoms with E-state index in [-0.39, 0.29) is 18.4 Å². The van der Waals surface area contributed by atoms with E-state index in [1.807, 2.05) is 41.8 Å². The van der Waals surface area contributed by atoms with Gasteiger partial charge < -0.3 is 10.4 Å². The highest BCUT2D eigenvalue weighted by atomic mass is 32.1. The van der Waals surface area contributed by atoms with Crippen LogP contribution in [0.2, 0.25) is 0 Å². The predicted molar refractivity (Wildman–Crippen MR) is 77.8 cm³/mol. The van der Waals surface area contributed by atoms with Crippen LogP contribution in [-0.4, -0.2) is 17.0 Å². The zero-order valence-corrected chi connectivity index (χ0v) is 11.6. The van der Waals surface area contributed by atoms with E-state index < -0.39 is 5.97 Å². The topological polar surface area (TPSA) is 66.4 Å². The molecule has 1 aromatic carbocycles. The van der Waals surface area contributed by atoms with Crippen molar-refractivity contribution in [1.82, 2.24) is 5.32 Å². The quantitative estimate of drug-likeness (QED) is 0.858. The van der Waals surface area contributed by atoms with Crippen LogP contribution >= 0.6 is 11.3 Å². The zero-order chi connectivity index (χ0) is 14.4. The van der Waals surface area contributed by atoms with Crippen molar-refractivity contribution in [3.05, 3.63) is 58.3 Å². The Balaban J connectivity index is 2.10. The summed E-state index contributed by atoms with van der Waals surface area (Å²) in [5.74, 6) is -1.03. The van der Waals surface area contributed by atoms with Gasteiger partial charge >= 0.3 is 5.97 Å². The first-order chi connectivity index (χ1) is 9.66. The van der Waals surface area contributed by atoms with Crippen LogP contribution < -0.4 is 5.32 Å². The number of amides is 1. The number of hydrogen-bond acceptors (Lipinski definition) is 3. The van der Waals surface area contributed by atoms with Gasteiger partial charge in [0.05, 0.1) is 10.9 Å². The summed E-state index contributed by atoms with van der Waals surface area (Å²) >= 11 is 1.36. The number of carbonyl (C=O) groups is 2. The van der Waals surface area contributed by atoms with Crippen LogP contribution in [0.15, 0.2) is 47.8 Å². The van der Waals surface area contributed by atoms with Crippen molar-refractivity contribution in [2.45, 2.75) is 18.9 Å². The van der Waals surface area contributed by atoms with E-state index in [4.69, 9.17) is 5.11 Å². The van der Waals surface area contributed by atoms with Crippen LogP contribution in [0.1, 0.15) is 34.1 Å². The molecule has 5 heteroatoms. The molecular weight excluding hydrogens is 274 g/mol. The van der Waals surface area contributed by atoms with Crippen molar-refractivity contribution in [3.63, 3.8) is 0 Å². The van der Waals surface area contributed by atoms with Gasteiger partial charge in [-0.25, -0.2) is 0 Å². The largest absolute Gasteiger partial charge is 0.481 e. The van der Waals surface area contributed by atoms with Crippen molar-refractivity contribution < 1.29 is 14.7 Å². The van der Waals surface area contributed by atoms with Gasteiger partial charge in [-0.15, -0.1) is 11.3 Å². The second kappa shape index (κ2) is 6.86. The predicted octanol–water partition coefficient (Wildman–Crippen LogP) is 3.08. The first-order valence-electron chi connectivity index (χ1n) is 6.28. The molecule has 4 nitrogen and oxygen atoms in total. The summed E-state index contributed by atoms with van der Waals surface area (Å²) in [5, 5.41) is 13.6. The van der Waals surface area contributed by atoms with Crippen LogP contribution in [0.25, 0.3) is 0 Å². The number of carboxylic acids is 1. The van der Waals surface area contributed by atoms with Gasteiger partial charge in [-0.1, -0.05) is 36.4 Å². The van der Waals surface area contributed by atoms with Gasteiger partial charge in [-0.3, -0.25) is 9.59 Å². The Hall–Kier alpha value is -2.14. The Morgan fingerprint density at radius 2 is 1.90 bits per heavy atom. The lowest BCUT2D eigenvalue weighted by Crippen LogP contribution is -2.28. The molecule has 2 rings (SSSR count). The SMILES string of the molecule is O=C(O)CCC(NC(=O)c1cccs1)c1ccccc1. The molecule has 0 aliphatic carbocycles. The van der Waals surface area contributed by atoms with Gasteiger partial charge in [0.25, 0.3) is 5.91 Å². The fourth-order valence-corrected chi connectivity index (χ4v) is 2.54. The molecule has 0 aliphatic rings. The Morgan fingerprint density at radius 1 is 1.15 bits per heavy atom. The Labute approximate surface area is 121 Å². The minimum Gasteiger partial charge on any atom is -0.481 e. The molecular formula is C15H15NO3S. The summed E-state index contributed by atoms with van der Waals surface area (Å²) in [4.78, 5) is 23.5. The van der Waals surface area contributed by atoms with Crippen molar-refractivity contribution in [1.29, 1.82) is 0 Å². The lowest BCUT2D eigenvalue weighted by molar-refractivity contribution is -0.137. The highest BCUT2D eigenvalue weighted by Gasteiger charge is 2.17. The Bertz CT molecular complexity index is 566. The molecule has 2 aromatic rings. The van der Waals surface area contributed by atoms with Gasteiger partial charge in [0, 0.05) is 6.42 Å². The Morgan fingerprint density at radius 3 is 2.50 bits per heavy atom. The van der Waals surface area contributed by atoms with Crippen LogP contribution in [0.4, 0.5) is 0 Å². The number of aliphatic carboxylic acids is 1. The number of carbonyl (C=O) groups excluding carboxylic acids is 1. The van der Waals surface area contributed by atoms with Crippen LogP contribution in [0, 0.1) is 0 Å². The first-order valence-corrected chi connectivity index (χ1v) is 7.16. The molecule has 1 atom stereocenters. The van der Waals surface area contributed by atoms with Crippen molar-refractivity contribution >= 4 is 23.2 Å². The van der Waals surface area contributed by atoms with E-state index in [0.29, 0.717) is 11.3 Å². The number of benzene rings is 1. The van der Waals surface area contributed by atoms with E-state index in [1.165, 1.54) is 11.3 Å². The Kier molecular flexibility index (Phi) is 4.90. The van der Waals surface area contributed by atoms with Gasteiger partial charge in [0.15, 0.2) is 0 Å². The molecule has 1 unspecified atom stereocenters. The number of thiophene rings is 1. The molecule has 0 radical (unpaired) electrons. The lowest BCUT2D eigenvalue weighted by atomic mass is 10.0. The van der Waals surface area contributed by atoms with E-state index in [9.17, 15) is 9.59 Å². The third-order valence-corrected chi connectivity index (χ3v) is 3.77. The van der Waals surface area contributed by atoms with Crippen LogP contribution in [0.5, 0.6) is 0 Å². The van der Waals surface area contributed by atoms with Gasteiger partial charge in [0.1, 0.15) is 0 Å². The summed E-state index contributed by atoms with van der Waals surface area (Å²) in [7, 11) is 0. The summed E-state index contributed by atoms with van der Waals surface area (Å²) < 4.78 is 0. The van der Waals surface area contributed by atoms with Crippen molar-refractivity contribution in [2.24, 2.45) is 0 Å². The third kappa shape index (κ3) is 3.93. The summed E-state index contributed by atoms with van der Waals surface area (Å²) in [5.41, 5.74) is 0.915. The number of rotatable bonds is 6. The fraction of sp³-hybridized carbons (Fsp3) is 0.200. The molecule has 1 heterocycles. The fourth-order valence-electron chi connectivity index (χ4n) is 1.91. The lowest BCUT2D eigenvalue weighted by Gasteiger charge is -2.18. The molecule has 104 valence electrons. The van der Waals surface area contributed by atoms with E-state index in [1.54, 1.807) is 6.07 Å². The van der Waals surface area contributed by atoms with Crippen molar-refractivity contribution in [2.75, 3.05) is 0 Å². The molecule has 0 bridgehead atoms. The molecule has 20 heavy (non-hydrogen) atoms. The maximum Gasteiger partial charge on any atom is 0.303 e. The third-order valence-electron chi connectivity index (χ3n) is 2.90. The smallest absolute Gasteiger partial charge is 0.303 e. The van der Waals surface area contributed by atoms with Crippen molar-refractivity contribution in [3.8, 4) is 0 Å². The number of hydrogen-bond donors (Lipinski definition) is 2. The molecule has 0 aliphatic heterocycles. The molecule has 0 fully saturated rings. The molecule has 0 spiro atoms. The second-order valence-electron chi connectivity index (χ2n) is 4.35. The number of nitrogens with one attached hydrogen (secondary N) is 1. The molecule has 1 amide bonds. The van der Waals surface area contributed by atoms with Gasteiger partial charge in [-0.05, 0) is 23.4 Å². The van der Waals surface area contributed by atoms with E-state index in [0.717, 1.165) is 5.56 Å². The molecule has 1 aromatic heterocycles. The van der Waals surface area contributed by atoms with Gasteiger partial charge in [0.2, 0.25) is 0 Å². The monoisotopic (exact) mass is 289 g/mol. The molecule has 0 saturated heterocycles. The van der Waals surface area contributed by atoms with E-state index in [2.05, 4.69) is 5.32 Å². The zero-order valence-electron chi connectivity index (χ0n) is 10.8. The molecule has 0 saturated carbocycles. The standard InChI is InChI=1S/C15H15NO3S/c17-14(18)9-8-12(11-5-2-1-3-6-11)16-15(19)13-7-4-10-20-13/h1-7,10,12H,8-9H2,(H,16,19)(H,17,18). The summed E-state index contributed by atoms with van der Waals surface area (Å²) in [6.07, 6.45) is 0.390. The highest BCUT2D eigenvalue weighted by molar-refractivity contribution is 7.12. The maximum atomic E-state index is 12.1. The summed E-state index contributed by atoms with van der Waals surface area (Å²) in [6.45, 7) is 0. The van der Waals surface area contributed by atoms with Crippen LogP contribution in [0.3, 0.4) is 0 Å². The first kappa shape index (κ1) is 14.3. The summed E-state index contributed by atoms with van der Waals surface area (Å²) in [6, 6.07) is 12.7. The minimum atomic E-state index is -0.865. The highest BCUT2D eigenvalue weighted by Crippen LogP contribution is 2.20. The average molecular weight is 289 g/mol. The minimum absolute atomic E-state index is 0.0181. The van der Waals surface area contributed by atoms with E-state index >= 15 is 0 Å². The normalized spacial score (nSPS) is 11.8.